The number of amides is 3. The van der Waals surface area contributed by atoms with Gasteiger partial charge < -0.3 is 20.9 Å². The molecule has 12 heteroatoms. The quantitative estimate of drug-likeness (QED) is 0.621. The standard InChI is InChI=1S/C22H31F3N6O2S/c1-29(2)7-5-28-21(33)31(6-4-22(23,24)25)20(32)14-8-13-9-15-16(11-26)19(27)34-18(15)10-17(13)30(3)12-14/h13-14,17H,4-10,12,27H2,1-3H3,(H,28,33)/t13-,14-,17-/m1/s1. The van der Waals surface area contributed by atoms with Crippen LogP contribution in [0, 0.1) is 23.2 Å². The number of alkyl halides is 3. The first kappa shape index (κ1) is 26.2. The molecule has 8 nitrogen and oxygen atoms in total. The minimum Gasteiger partial charge on any atom is -0.389 e. The van der Waals surface area contributed by atoms with E-state index in [2.05, 4.69) is 11.4 Å². The minimum atomic E-state index is -4.48. The maximum absolute atomic E-state index is 13.3. The van der Waals surface area contributed by atoms with E-state index in [1.54, 1.807) is 14.1 Å². The number of likely N-dealkylation sites (N-methyl/N-ethyl adjacent to an activating group) is 2. The summed E-state index contributed by atoms with van der Waals surface area (Å²) in [6, 6.07) is 1.52. The van der Waals surface area contributed by atoms with E-state index >= 15 is 0 Å². The van der Waals surface area contributed by atoms with Crippen LogP contribution in [0.3, 0.4) is 0 Å². The van der Waals surface area contributed by atoms with Crippen molar-refractivity contribution in [1.29, 1.82) is 5.26 Å². The zero-order chi connectivity index (χ0) is 25.2. The number of carbonyl (C=O) groups excluding carboxylic acids is 2. The van der Waals surface area contributed by atoms with Crippen LogP contribution in [0.1, 0.15) is 28.8 Å². The summed E-state index contributed by atoms with van der Waals surface area (Å²) in [4.78, 5) is 31.7. The van der Waals surface area contributed by atoms with Gasteiger partial charge in [-0.15, -0.1) is 11.3 Å². The molecule has 0 radical (unpaired) electrons. The van der Waals surface area contributed by atoms with Gasteiger partial charge in [0.2, 0.25) is 5.91 Å². The third-order valence-corrected chi connectivity index (χ3v) is 7.69. The summed E-state index contributed by atoms with van der Waals surface area (Å²) < 4.78 is 38.8. The number of urea groups is 1. The molecule has 2 aliphatic rings. The number of nitrogens with two attached hydrogens (primary N) is 1. The smallest absolute Gasteiger partial charge is 0.389 e. The van der Waals surface area contributed by atoms with Gasteiger partial charge in [0, 0.05) is 37.1 Å². The number of piperidine rings is 1. The minimum absolute atomic E-state index is 0.0440. The highest BCUT2D eigenvalue weighted by molar-refractivity contribution is 7.16. The Kier molecular flexibility index (Phi) is 8.10. The maximum Gasteiger partial charge on any atom is 0.390 e. The molecule has 3 rings (SSSR count). The van der Waals surface area contributed by atoms with Gasteiger partial charge in [-0.1, -0.05) is 0 Å². The zero-order valence-corrected chi connectivity index (χ0v) is 20.4. The number of rotatable bonds is 6. The maximum atomic E-state index is 13.3. The van der Waals surface area contributed by atoms with Crippen molar-refractivity contribution < 1.29 is 22.8 Å². The Morgan fingerprint density at radius 2 is 2.00 bits per heavy atom. The molecular weight excluding hydrogens is 469 g/mol. The monoisotopic (exact) mass is 500 g/mol. The number of nitrogens with one attached hydrogen (secondary N) is 1. The number of likely N-dealkylation sites (tertiary alicyclic amines) is 1. The van der Waals surface area contributed by atoms with Gasteiger partial charge in [-0.05, 0) is 51.9 Å². The second kappa shape index (κ2) is 10.5. The summed E-state index contributed by atoms with van der Waals surface area (Å²) in [6.07, 6.45) is -3.98. The van der Waals surface area contributed by atoms with E-state index in [0.29, 0.717) is 36.5 Å². The van der Waals surface area contributed by atoms with Crippen LogP contribution in [-0.2, 0) is 17.6 Å². The fraction of sp³-hybridized carbons (Fsp3) is 0.682. The molecule has 0 bridgehead atoms. The predicted molar refractivity (Wildman–Crippen MR) is 123 cm³/mol. The number of halogens is 3. The molecule has 1 aromatic heterocycles. The molecular formula is C22H31F3N6O2S. The van der Waals surface area contributed by atoms with E-state index in [0.717, 1.165) is 21.8 Å². The molecule has 1 aliphatic heterocycles. The number of fused-ring (bicyclic) bond motifs is 2. The van der Waals surface area contributed by atoms with Crippen molar-refractivity contribution in [2.24, 2.45) is 11.8 Å². The molecule has 0 spiro atoms. The van der Waals surface area contributed by atoms with Crippen molar-refractivity contribution in [3.8, 4) is 6.07 Å². The molecule has 1 aromatic rings. The lowest BCUT2D eigenvalue weighted by atomic mass is 9.74. The average Bonchev–Trinajstić information content (AvgIpc) is 3.05. The number of nitrogen functional groups attached to an aromatic ring is 1. The molecule has 2 heterocycles. The lowest BCUT2D eigenvalue weighted by Crippen LogP contribution is -2.56. The van der Waals surface area contributed by atoms with Crippen LogP contribution in [0.2, 0.25) is 0 Å². The third kappa shape index (κ3) is 6.00. The first-order valence-electron chi connectivity index (χ1n) is 11.2. The van der Waals surface area contributed by atoms with Gasteiger partial charge in [0.05, 0.1) is 17.9 Å². The molecule has 1 saturated heterocycles. The van der Waals surface area contributed by atoms with Gasteiger partial charge in [-0.2, -0.15) is 18.4 Å². The summed E-state index contributed by atoms with van der Waals surface area (Å²) in [6.45, 7) is 0.357. The zero-order valence-electron chi connectivity index (χ0n) is 19.6. The van der Waals surface area contributed by atoms with E-state index in [4.69, 9.17) is 5.73 Å². The summed E-state index contributed by atoms with van der Waals surface area (Å²) in [5.41, 5.74) is 7.42. The topological polar surface area (TPSA) is 106 Å². The lowest BCUT2D eigenvalue weighted by molar-refractivity contribution is -0.146. The number of carbonyl (C=O) groups is 2. The number of imide groups is 1. The number of thiophene rings is 1. The summed E-state index contributed by atoms with van der Waals surface area (Å²) >= 11 is 1.42. The van der Waals surface area contributed by atoms with Gasteiger partial charge >= 0.3 is 12.2 Å². The molecule has 0 saturated carbocycles. The Hall–Kier alpha value is -2.36. The molecule has 1 aliphatic carbocycles. The highest BCUT2D eigenvalue weighted by atomic mass is 32.1. The van der Waals surface area contributed by atoms with E-state index in [-0.39, 0.29) is 18.5 Å². The molecule has 3 N–H and O–H groups in total. The molecule has 188 valence electrons. The van der Waals surface area contributed by atoms with Crippen molar-refractivity contribution in [2.45, 2.75) is 37.9 Å². The van der Waals surface area contributed by atoms with Crippen molar-refractivity contribution in [1.82, 2.24) is 20.0 Å². The van der Waals surface area contributed by atoms with Crippen molar-refractivity contribution in [3.63, 3.8) is 0 Å². The van der Waals surface area contributed by atoms with E-state index in [1.807, 2.05) is 16.8 Å². The first-order valence-corrected chi connectivity index (χ1v) is 12.0. The van der Waals surface area contributed by atoms with Gasteiger partial charge in [0.15, 0.2) is 0 Å². The molecule has 3 atom stereocenters. The van der Waals surface area contributed by atoms with Crippen LogP contribution in [0.15, 0.2) is 0 Å². The number of nitriles is 1. The van der Waals surface area contributed by atoms with Gasteiger partial charge in [-0.3, -0.25) is 9.69 Å². The number of hydrogen-bond acceptors (Lipinski definition) is 7. The fourth-order valence-electron chi connectivity index (χ4n) is 4.90. The Morgan fingerprint density at radius 3 is 2.62 bits per heavy atom. The number of nitrogens with zero attached hydrogens (tertiary/aromatic N) is 4. The van der Waals surface area contributed by atoms with Crippen LogP contribution < -0.4 is 11.1 Å². The summed E-state index contributed by atoms with van der Waals surface area (Å²) in [7, 11) is 5.50. The second-order valence-electron chi connectivity index (χ2n) is 9.35. The van der Waals surface area contributed by atoms with Crippen molar-refractivity contribution in [2.75, 3.05) is 53.1 Å². The van der Waals surface area contributed by atoms with Crippen LogP contribution in [0.25, 0.3) is 0 Å². The largest absolute Gasteiger partial charge is 0.390 e. The SMILES string of the molecule is CN(C)CCNC(=O)N(CCC(F)(F)F)C(=O)[C@@H]1C[C@@H]2Cc3c(sc(N)c3C#N)C[C@H]2N(C)C1. The summed E-state index contributed by atoms with van der Waals surface area (Å²) in [5.74, 6) is -1.15. The van der Waals surface area contributed by atoms with Gasteiger partial charge in [-0.25, -0.2) is 4.79 Å². The highest BCUT2D eigenvalue weighted by Crippen LogP contribution is 2.43. The normalized spacial score (nSPS) is 22.6. The third-order valence-electron chi connectivity index (χ3n) is 6.61. The van der Waals surface area contributed by atoms with Crippen LogP contribution in [-0.4, -0.2) is 86.2 Å². The highest BCUT2D eigenvalue weighted by Gasteiger charge is 2.43. The molecule has 0 aromatic carbocycles. The van der Waals surface area contributed by atoms with Crippen LogP contribution in [0.5, 0.6) is 0 Å². The Balaban J connectivity index is 1.76. The molecule has 0 unspecified atom stereocenters. The van der Waals surface area contributed by atoms with E-state index < -0.39 is 37.0 Å². The summed E-state index contributed by atoms with van der Waals surface area (Å²) in [5, 5.41) is 12.5. The average molecular weight is 501 g/mol. The second-order valence-corrected chi connectivity index (χ2v) is 10.5. The van der Waals surface area contributed by atoms with E-state index in [1.165, 1.54) is 11.3 Å². The van der Waals surface area contributed by atoms with Gasteiger partial charge in [0.25, 0.3) is 0 Å². The van der Waals surface area contributed by atoms with Crippen molar-refractivity contribution >= 4 is 28.3 Å². The van der Waals surface area contributed by atoms with Gasteiger partial charge in [0.1, 0.15) is 11.1 Å². The van der Waals surface area contributed by atoms with Crippen molar-refractivity contribution in [3.05, 3.63) is 16.0 Å². The molecule has 1 fully saturated rings. The number of anilines is 1. The Morgan fingerprint density at radius 1 is 1.29 bits per heavy atom. The van der Waals surface area contributed by atoms with Crippen LogP contribution in [0.4, 0.5) is 23.0 Å². The Bertz CT molecular complexity index is 958. The molecule has 3 amide bonds. The molecule has 34 heavy (non-hydrogen) atoms. The fourth-order valence-corrected chi connectivity index (χ4v) is 6.00. The van der Waals surface area contributed by atoms with E-state index in [9.17, 15) is 28.0 Å². The lowest BCUT2D eigenvalue weighted by Gasteiger charge is -2.45. The predicted octanol–water partition coefficient (Wildman–Crippen LogP) is 2.29. The Labute approximate surface area is 201 Å². The number of hydrogen-bond donors (Lipinski definition) is 2. The van der Waals surface area contributed by atoms with Crippen LogP contribution >= 0.6 is 11.3 Å². The first-order chi connectivity index (χ1) is 15.9.